The standard InChI is InChI=1S/C11H18N2O3S/c1-11(2,3)13-17(15,16)8-9-5-4-6-10(7-9)12-14/h4-7,13H,8,12H2,1-3H3. The first-order valence-electron chi connectivity index (χ1n) is 5.28. The van der Waals surface area contributed by atoms with E-state index in [0.717, 1.165) is 0 Å². The van der Waals surface area contributed by atoms with E-state index in [9.17, 15) is 13.6 Å². The first-order chi connectivity index (χ1) is 7.72. The van der Waals surface area contributed by atoms with Gasteiger partial charge < -0.3 is 10.7 Å². The molecule has 0 aromatic heterocycles. The van der Waals surface area contributed by atoms with Crippen molar-refractivity contribution in [3.63, 3.8) is 0 Å². The maximum atomic E-state index is 11.8. The van der Waals surface area contributed by atoms with Gasteiger partial charge >= 0.3 is 0 Å². The molecule has 0 unspecified atom stereocenters. The van der Waals surface area contributed by atoms with Gasteiger partial charge in [-0.05, 0) is 32.4 Å². The molecule has 6 heteroatoms. The highest BCUT2D eigenvalue weighted by atomic mass is 32.2. The van der Waals surface area contributed by atoms with E-state index in [0.29, 0.717) is 16.7 Å². The third-order valence-electron chi connectivity index (χ3n) is 1.91. The number of sulfonamides is 1. The fourth-order valence-electron chi connectivity index (χ4n) is 1.48. The molecular weight excluding hydrogens is 240 g/mol. The molecule has 0 fully saturated rings. The minimum Gasteiger partial charge on any atom is -0.630 e. The summed E-state index contributed by atoms with van der Waals surface area (Å²) >= 11 is 0. The van der Waals surface area contributed by atoms with Gasteiger partial charge in [0.2, 0.25) is 10.0 Å². The molecule has 0 heterocycles. The second kappa shape index (κ2) is 5.14. The van der Waals surface area contributed by atoms with Crippen molar-refractivity contribution in [2.24, 2.45) is 0 Å². The lowest BCUT2D eigenvalue weighted by Crippen LogP contribution is -2.70. The Morgan fingerprint density at radius 2 is 2.00 bits per heavy atom. The van der Waals surface area contributed by atoms with Crippen molar-refractivity contribution < 1.29 is 13.9 Å². The average Bonchev–Trinajstić information content (AvgIpc) is 2.13. The Morgan fingerprint density at radius 1 is 1.35 bits per heavy atom. The van der Waals surface area contributed by atoms with Gasteiger partial charge in [-0.15, -0.1) is 0 Å². The van der Waals surface area contributed by atoms with E-state index in [4.69, 9.17) is 0 Å². The van der Waals surface area contributed by atoms with Gasteiger partial charge in [0.15, 0.2) is 0 Å². The SMILES string of the molecule is CC(C)(C)NS(=O)(=O)Cc1cccc([NH2+][O-])c1. The molecule has 1 rings (SSSR count). The molecule has 0 atom stereocenters. The summed E-state index contributed by atoms with van der Waals surface area (Å²) in [4.78, 5) is 0. The Morgan fingerprint density at radius 3 is 2.53 bits per heavy atom. The van der Waals surface area contributed by atoms with Crippen molar-refractivity contribution in [3.8, 4) is 0 Å². The zero-order valence-corrected chi connectivity index (χ0v) is 11.0. The lowest BCUT2D eigenvalue weighted by atomic mass is 10.1. The third-order valence-corrected chi connectivity index (χ3v) is 3.54. The zero-order chi connectivity index (χ0) is 13.1. The molecular formula is C11H18N2O3S. The summed E-state index contributed by atoms with van der Waals surface area (Å²) < 4.78 is 26.2. The van der Waals surface area contributed by atoms with Gasteiger partial charge in [0, 0.05) is 11.6 Å². The second-order valence-corrected chi connectivity index (χ2v) is 6.70. The minimum absolute atomic E-state index is 0.119. The van der Waals surface area contributed by atoms with E-state index < -0.39 is 15.6 Å². The van der Waals surface area contributed by atoms with Crippen LogP contribution in [-0.2, 0) is 15.8 Å². The van der Waals surface area contributed by atoms with Crippen molar-refractivity contribution in [1.82, 2.24) is 4.72 Å². The van der Waals surface area contributed by atoms with Crippen LogP contribution in [0.15, 0.2) is 24.3 Å². The number of hydrogen-bond acceptors (Lipinski definition) is 3. The molecule has 0 aliphatic heterocycles. The van der Waals surface area contributed by atoms with Crippen LogP contribution in [0.1, 0.15) is 26.3 Å². The fourth-order valence-corrected chi connectivity index (χ4v) is 3.10. The molecule has 96 valence electrons. The topological polar surface area (TPSA) is 85.8 Å². The van der Waals surface area contributed by atoms with E-state index >= 15 is 0 Å². The molecule has 0 bridgehead atoms. The monoisotopic (exact) mass is 258 g/mol. The lowest BCUT2D eigenvalue weighted by molar-refractivity contribution is -0.497. The van der Waals surface area contributed by atoms with Gasteiger partial charge in [-0.25, -0.2) is 13.1 Å². The van der Waals surface area contributed by atoms with Crippen molar-refractivity contribution in [3.05, 3.63) is 35.0 Å². The Kier molecular flexibility index (Phi) is 4.26. The summed E-state index contributed by atoms with van der Waals surface area (Å²) in [6, 6.07) is 6.58. The van der Waals surface area contributed by atoms with Gasteiger partial charge in [-0.3, -0.25) is 0 Å². The number of hydrogen-bond donors (Lipinski definition) is 2. The van der Waals surface area contributed by atoms with Crippen LogP contribution in [0.3, 0.4) is 0 Å². The van der Waals surface area contributed by atoms with E-state index in [-0.39, 0.29) is 5.75 Å². The molecule has 3 N–H and O–H groups in total. The van der Waals surface area contributed by atoms with Gasteiger partial charge in [0.05, 0.1) is 5.75 Å². The maximum Gasteiger partial charge on any atom is 0.216 e. The molecule has 0 saturated carbocycles. The Bertz CT molecular complexity index is 478. The number of nitrogens with one attached hydrogen (secondary N) is 1. The van der Waals surface area contributed by atoms with E-state index in [1.54, 1.807) is 45.0 Å². The van der Waals surface area contributed by atoms with E-state index in [2.05, 4.69) is 4.72 Å². The highest BCUT2D eigenvalue weighted by Gasteiger charge is 2.20. The number of benzene rings is 1. The predicted molar refractivity (Wildman–Crippen MR) is 66.9 cm³/mol. The maximum absolute atomic E-state index is 11.8. The van der Waals surface area contributed by atoms with Crippen LogP contribution in [0.4, 0.5) is 5.69 Å². The fraction of sp³-hybridized carbons (Fsp3) is 0.455. The molecule has 0 aliphatic carbocycles. The van der Waals surface area contributed by atoms with Crippen LogP contribution < -0.4 is 10.2 Å². The van der Waals surface area contributed by atoms with Crippen molar-refractivity contribution in [1.29, 1.82) is 0 Å². The minimum atomic E-state index is -3.38. The second-order valence-electron chi connectivity index (χ2n) is 4.97. The van der Waals surface area contributed by atoms with Gasteiger partial charge in [-0.2, -0.15) is 0 Å². The first-order valence-corrected chi connectivity index (χ1v) is 6.93. The summed E-state index contributed by atoms with van der Waals surface area (Å²) in [6.07, 6.45) is 0. The van der Waals surface area contributed by atoms with Gasteiger partial charge in [0.1, 0.15) is 5.69 Å². The molecule has 17 heavy (non-hydrogen) atoms. The van der Waals surface area contributed by atoms with Crippen LogP contribution >= 0.6 is 0 Å². The van der Waals surface area contributed by atoms with E-state index in [1.165, 1.54) is 0 Å². The molecule has 0 radical (unpaired) electrons. The van der Waals surface area contributed by atoms with Crippen molar-refractivity contribution >= 4 is 15.7 Å². The quantitative estimate of drug-likeness (QED) is 0.612. The average molecular weight is 258 g/mol. The summed E-state index contributed by atoms with van der Waals surface area (Å²) in [5.41, 5.74) is 1.29. The van der Waals surface area contributed by atoms with Crippen LogP contribution in [-0.4, -0.2) is 14.0 Å². The Hall–Kier alpha value is -0.950. The Balaban J connectivity index is 2.83. The molecule has 0 aliphatic rings. The summed E-state index contributed by atoms with van der Waals surface area (Å²) in [5, 5.41) is 10.6. The molecule has 0 saturated heterocycles. The highest BCUT2D eigenvalue weighted by Crippen LogP contribution is 2.11. The van der Waals surface area contributed by atoms with Crippen LogP contribution in [0.2, 0.25) is 0 Å². The van der Waals surface area contributed by atoms with E-state index in [1.807, 2.05) is 0 Å². The largest absolute Gasteiger partial charge is 0.630 e. The van der Waals surface area contributed by atoms with Crippen LogP contribution in [0, 0.1) is 5.21 Å². The molecule has 1 aromatic carbocycles. The molecule has 5 nitrogen and oxygen atoms in total. The lowest BCUT2D eigenvalue weighted by Gasteiger charge is -2.20. The van der Waals surface area contributed by atoms with Gasteiger partial charge in [0.25, 0.3) is 0 Å². The summed E-state index contributed by atoms with van der Waals surface area (Å²) in [6.45, 7) is 5.35. The third kappa shape index (κ3) is 5.27. The van der Waals surface area contributed by atoms with Crippen molar-refractivity contribution in [2.45, 2.75) is 32.1 Å². The van der Waals surface area contributed by atoms with Crippen molar-refractivity contribution in [2.75, 3.05) is 0 Å². The smallest absolute Gasteiger partial charge is 0.216 e. The number of quaternary nitrogens is 1. The molecule has 1 aromatic rings. The normalized spacial score (nSPS) is 12.7. The number of nitrogens with two attached hydrogens (primary N) is 1. The van der Waals surface area contributed by atoms with Crippen LogP contribution in [0.25, 0.3) is 0 Å². The number of rotatable bonds is 4. The zero-order valence-electron chi connectivity index (χ0n) is 10.2. The highest BCUT2D eigenvalue weighted by molar-refractivity contribution is 7.88. The first kappa shape index (κ1) is 14.1. The molecule has 0 amide bonds. The van der Waals surface area contributed by atoms with Crippen LogP contribution in [0.5, 0.6) is 0 Å². The Labute approximate surface area is 102 Å². The predicted octanol–water partition coefficient (Wildman–Crippen LogP) is 0.597. The summed E-state index contributed by atoms with van der Waals surface area (Å²) in [7, 11) is -3.38. The molecule has 0 spiro atoms. The summed E-state index contributed by atoms with van der Waals surface area (Å²) in [5.74, 6) is -0.119. The van der Waals surface area contributed by atoms with Gasteiger partial charge in [-0.1, -0.05) is 12.1 Å².